The fourth-order valence-electron chi connectivity index (χ4n) is 4.04. The van der Waals surface area contributed by atoms with E-state index in [0.717, 1.165) is 15.9 Å². The van der Waals surface area contributed by atoms with Gasteiger partial charge in [0.1, 0.15) is 0 Å². The van der Waals surface area contributed by atoms with Gasteiger partial charge in [0.2, 0.25) is 0 Å². The molecule has 0 bridgehead atoms. The minimum absolute atomic E-state index is 0.0247. The van der Waals surface area contributed by atoms with Crippen LogP contribution in [0.3, 0.4) is 0 Å². The third kappa shape index (κ3) is 4.83. The lowest BCUT2D eigenvalue weighted by atomic mass is 10.4. The molecule has 0 aromatic heterocycles. The highest BCUT2D eigenvalue weighted by Crippen LogP contribution is 2.60. The largest absolute Gasteiger partial charge is 0.379 e. The number of hydrogen-bond acceptors (Lipinski definition) is 2. The highest BCUT2D eigenvalue weighted by atomic mass is 31.2. The summed E-state index contributed by atoms with van der Waals surface area (Å²) in [6, 6.07) is 31.1. The first-order chi connectivity index (χ1) is 15.5. The standard InChI is InChI=1S/C25H31N3O2P2/c1-22(2)26-32(29,28-18-20-30-21-19-28)27-31(23-12-6-3-7-13-23,24-14-8-4-9-15-24)25-16-10-5-11-17-25/h3-17,22H,18-21H2,1-2H3,(H,26,29). The van der Waals surface area contributed by atoms with Crippen LogP contribution in [0.2, 0.25) is 0 Å². The Morgan fingerprint density at radius 2 is 1.19 bits per heavy atom. The van der Waals surface area contributed by atoms with E-state index in [4.69, 9.17) is 9.25 Å². The molecule has 1 fully saturated rings. The maximum Gasteiger partial charge on any atom is 0.326 e. The van der Waals surface area contributed by atoms with Crippen molar-refractivity contribution in [2.24, 2.45) is 4.52 Å². The van der Waals surface area contributed by atoms with Crippen molar-refractivity contribution in [3.05, 3.63) is 91.0 Å². The predicted molar refractivity (Wildman–Crippen MR) is 136 cm³/mol. The van der Waals surface area contributed by atoms with Crippen LogP contribution in [0.25, 0.3) is 0 Å². The molecule has 1 aliphatic heterocycles. The molecule has 1 unspecified atom stereocenters. The normalized spacial score (nSPS) is 17.1. The number of morpholine rings is 1. The summed E-state index contributed by atoms with van der Waals surface area (Å²) in [5, 5.41) is 6.66. The molecule has 0 amide bonds. The van der Waals surface area contributed by atoms with Crippen LogP contribution in [0.15, 0.2) is 95.5 Å². The number of benzene rings is 3. The highest BCUT2D eigenvalue weighted by molar-refractivity contribution is 7.90. The Hall–Kier alpha value is -2.00. The first kappa shape index (κ1) is 23.2. The second-order valence-corrected chi connectivity index (χ2v) is 13.6. The van der Waals surface area contributed by atoms with Gasteiger partial charge in [-0.1, -0.05) is 91.0 Å². The minimum atomic E-state index is -3.29. The molecule has 1 aliphatic rings. The molecule has 3 aromatic rings. The molecular formula is C25H31N3O2P2. The smallest absolute Gasteiger partial charge is 0.326 e. The van der Waals surface area contributed by atoms with E-state index < -0.39 is 14.6 Å². The average Bonchev–Trinajstić information content (AvgIpc) is 2.84. The van der Waals surface area contributed by atoms with Gasteiger partial charge in [0.05, 0.1) is 20.3 Å². The number of nitrogens with one attached hydrogen (secondary N) is 1. The fraction of sp³-hybridized carbons (Fsp3) is 0.280. The van der Waals surface area contributed by atoms with Gasteiger partial charge in [-0.3, -0.25) is 4.57 Å². The summed E-state index contributed by atoms with van der Waals surface area (Å²) < 4.78 is 27.7. The summed E-state index contributed by atoms with van der Waals surface area (Å²) in [6.07, 6.45) is 0. The maximum absolute atomic E-state index is 14.7. The molecule has 1 saturated heterocycles. The van der Waals surface area contributed by atoms with Crippen molar-refractivity contribution in [3.8, 4) is 0 Å². The quantitative estimate of drug-likeness (QED) is 0.516. The van der Waals surface area contributed by atoms with Crippen LogP contribution in [-0.4, -0.2) is 37.0 Å². The molecule has 168 valence electrons. The highest BCUT2D eigenvalue weighted by Gasteiger charge is 2.38. The van der Waals surface area contributed by atoms with Crippen molar-refractivity contribution in [1.82, 2.24) is 9.76 Å². The van der Waals surface area contributed by atoms with Crippen LogP contribution < -0.4 is 21.0 Å². The Morgan fingerprint density at radius 1 is 0.781 bits per heavy atom. The Morgan fingerprint density at radius 3 is 1.56 bits per heavy atom. The first-order valence-electron chi connectivity index (χ1n) is 11.1. The molecule has 3 aromatic carbocycles. The van der Waals surface area contributed by atoms with E-state index in [2.05, 4.69) is 41.5 Å². The summed E-state index contributed by atoms with van der Waals surface area (Å²) in [7, 11) is -5.87. The molecule has 0 radical (unpaired) electrons. The lowest BCUT2D eigenvalue weighted by Crippen LogP contribution is -2.39. The molecule has 0 spiro atoms. The van der Waals surface area contributed by atoms with Crippen LogP contribution in [0.5, 0.6) is 0 Å². The zero-order valence-electron chi connectivity index (χ0n) is 18.7. The van der Waals surface area contributed by atoms with Crippen LogP contribution in [-0.2, 0) is 9.30 Å². The van der Waals surface area contributed by atoms with Gasteiger partial charge in [-0.15, -0.1) is 0 Å². The van der Waals surface area contributed by atoms with Crippen LogP contribution in [0.1, 0.15) is 13.8 Å². The van der Waals surface area contributed by atoms with Crippen molar-refractivity contribution in [1.29, 1.82) is 0 Å². The Balaban J connectivity index is 2.08. The van der Waals surface area contributed by atoms with Gasteiger partial charge >= 0.3 is 7.59 Å². The van der Waals surface area contributed by atoms with E-state index in [1.807, 2.05) is 73.1 Å². The van der Waals surface area contributed by atoms with Crippen molar-refractivity contribution < 1.29 is 9.30 Å². The van der Waals surface area contributed by atoms with Gasteiger partial charge in [-0.25, -0.2) is 14.3 Å². The summed E-state index contributed by atoms with van der Waals surface area (Å²) in [4.78, 5) is 0. The zero-order valence-corrected chi connectivity index (χ0v) is 20.5. The molecule has 1 atom stereocenters. The average molecular weight is 467 g/mol. The van der Waals surface area contributed by atoms with Crippen LogP contribution in [0, 0.1) is 0 Å². The van der Waals surface area contributed by atoms with Gasteiger partial charge in [-0.05, 0) is 13.8 Å². The van der Waals surface area contributed by atoms with Gasteiger partial charge < -0.3 is 4.74 Å². The zero-order chi connectivity index (χ0) is 22.4. The molecule has 4 rings (SSSR count). The molecular weight excluding hydrogens is 436 g/mol. The molecule has 1 heterocycles. The maximum atomic E-state index is 14.7. The minimum Gasteiger partial charge on any atom is -0.379 e. The number of rotatable bonds is 7. The first-order valence-corrected chi connectivity index (χ1v) is 14.4. The number of nitrogens with zero attached hydrogens (tertiary/aromatic N) is 2. The monoisotopic (exact) mass is 467 g/mol. The molecule has 0 aliphatic carbocycles. The predicted octanol–water partition coefficient (Wildman–Crippen LogP) is 4.60. The van der Waals surface area contributed by atoms with Crippen LogP contribution >= 0.6 is 14.6 Å². The number of hydrogen-bond donors (Lipinski definition) is 1. The molecule has 32 heavy (non-hydrogen) atoms. The van der Waals surface area contributed by atoms with E-state index in [1.54, 1.807) is 0 Å². The Kier molecular flexibility index (Phi) is 7.45. The lowest BCUT2D eigenvalue weighted by molar-refractivity contribution is 0.0712. The Bertz CT molecular complexity index is 996. The van der Waals surface area contributed by atoms with Crippen molar-refractivity contribution in [2.45, 2.75) is 19.9 Å². The van der Waals surface area contributed by atoms with Gasteiger partial charge in [0, 0.05) is 35.0 Å². The van der Waals surface area contributed by atoms with Gasteiger partial charge in [0.15, 0.2) is 0 Å². The van der Waals surface area contributed by atoms with E-state index in [0.29, 0.717) is 26.3 Å². The van der Waals surface area contributed by atoms with Crippen LogP contribution in [0.4, 0.5) is 0 Å². The van der Waals surface area contributed by atoms with E-state index >= 15 is 0 Å². The second-order valence-electron chi connectivity index (χ2n) is 8.13. The van der Waals surface area contributed by atoms with E-state index in [-0.39, 0.29) is 6.04 Å². The molecule has 7 heteroatoms. The van der Waals surface area contributed by atoms with Crippen molar-refractivity contribution >= 4 is 30.6 Å². The summed E-state index contributed by atoms with van der Waals surface area (Å²) in [5.74, 6) is 0. The third-order valence-corrected chi connectivity index (χ3v) is 12.6. The third-order valence-electron chi connectivity index (χ3n) is 5.44. The molecule has 0 saturated carbocycles. The molecule has 5 nitrogen and oxygen atoms in total. The Labute approximate surface area is 191 Å². The lowest BCUT2D eigenvalue weighted by Gasteiger charge is -2.36. The summed E-state index contributed by atoms with van der Waals surface area (Å²) in [6.45, 7) is 6.36. The summed E-state index contributed by atoms with van der Waals surface area (Å²) >= 11 is 0. The van der Waals surface area contributed by atoms with Crippen molar-refractivity contribution in [3.63, 3.8) is 0 Å². The molecule has 1 N–H and O–H groups in total. The second kappa shape index (κ2) is 10.3. The van der Waals surface area contributed by atoms with E-state index in [9.17, 15) is 4.57 Å². The van der Waals surface area contributed by atoms with Gasteiger partial charge in [0.25, 0.3) is 0 Å². The van der Waals surface area contributed by atoms with E-state index in [1.165, 1.54) is 0 Å². The van der Waals surface area contributed by atoms with Gasteiger partial charge in [-0.2, -0.15) is 0 Å². The number of ether oxygens (including phenoxy) is 1. The SMILES string of the molecule is CC(C)NP(=O)(N=P(c1ccccc1)(c1ccccc1)c1ccccc1)N1CCOCC1. The fourth-order valence-corrected chi connectivity index (χ4v) is 11.6. The summed E-state index contributed by atoms with van der Waals surface area (Å²) in [5.41, 5.74) is 0. The van der Waals surface area contributed by atoms with Crippen molar-refractivity contribution in [2.75, 3.05) is 26.3 Å². The topological polar surface area (TPSA) is 53.9 Å².